The van der Waals surface area contributed by atoms with Crippen molar-refractivity contribution in [2.75, 3.05) is 44.2 Å². The molecule has 0 bridgehead atoms. The molecule has 3 aromatic heterocycles. The third-order valence-electron chi connectivity index (χ3n) is 5.82. The summed E-state index contributed by atoms with van der Waals surface area (Å²) in [4.78, 5) is 27.0. The van der Waals surface area contributed by atoms with E-state index in [1.54, 1.807) is 11.3 Å². The molecule has 0 saturated carbocycles. The van der Waals surface area contributed by atoms with Gasteiger partial charge in [0.05, 0.1) is 12.6 Å². The molecule has 0 unspecified atom stereocenters. The van der Waals surface area contributed by atoms with Gasteiger partial charge in [0.1, 0.15) is 5.82 Å². The molecule has 150 valence electrons. The summed E-state index contributed by atoms with van der Waals surface area (Å²) in [6.45, 7) is 4.63. The van der Waals surface area contributed by atoms with Gasteiger partial charge in [0.15, 0.2) is 0 Å². The third-order valence-corrected chi connectivity index (χ3v) is 7.74. The highest BCUT2D eigenvalue weighted by Gasteiger charge is 2.33. The molecule has 1 amide bonds. The number of fused-ring (bicyclic) bond motifs is 1. The molecule has 0 radical (unpaired) electrons. The van der Waals surface area contributed by atoms with E-state index in [1.807, 2.05) is 40.6 Å². The molecular formula is C22H24N4OS2. The van der Waals surface area contributed by atoms with Crippen LogP contribution in [0, 0.1) is 0 Å². The second kappa shape index (κ2) is 8.26. The van der Waals surface area contributed by atoms with Gasteiger partial charge in [0.2, 0.25) is 5.91 Å². The predicted octanol–water partition coefficient (Wildman–Crippen LogP) is 3.50. The van der Waals surface area contributed by atoms with E-state index < -0.39 is 0 Å². The van der Waals surface area contributed by atoms with E-state index in [2.05, 4.69) is 43.7 Å². The SMILES string of the molecule is O=C(CN1CCc2sccc2[C@@H]1c1cccs1)N1CCN(c2ccccn2)CC1. The van der Waals surface area contributed by atoms with E-state index in [0.29, 0.717) is 6.54 Å². The molecule has 2 aliphatic heterocycles. The van der Waals surface area contributed by atoms with Gasteiger partial charge in [-0.15, -0.1) is 22.7 Å². The molecule has 5 rings (SSSR count). The van der Waals surface area contributed by atoms with Crippen LogP contribution in [0.2, 0.25) is 0 Å². The zero-order chi connectivity index (χ0) is 19.6. The van der Waals surface area contributed by atoms with Gasteiger partial charge in [-0.25, -0.2) is 4.98 Å². The quantitative estimate of drug-likeness (QED) is 0.643. The molecule has 0 N–H and O–H groups in total. The highest BCUT2D eigenvalue weighted by molar-refractivity contribution is 7.10. The second-order valence-corrected chi connectivity index (χ2v) is 9.47. The predicted molar refractivity (Wildman–Crippen MR) is 119 cm³/mol. The lowest BCUT2D eigenvalue weighted by atomic mass is 9.98. The fraction of sp³-hybridized carbons (Fsp3) is 0.364. The lowest BCUT2D eigenvalue weighted by Gasteiger charge is -2.39. The zero-order valence-electron chi connectivity index (χ0n) is 16.2. The summed E-state index contributed by atoms with van der Waals surface area (Å²) in [5.41, 5.74) is 1.39. The maximum Gasteiger partial charge on any atom is 0.236 e. The summed E-state index contributed by atoms with van der Waals surface area (Å²) in [5, 5.41) is 4.32. The number of anilines is 1. The van der Waals surface area contributed by atoms with Crippen molar-refractivity contribution in [3.05, 3.63) is 68.7 Å². The Morgan fingerprint density at radius 2 is 1.90 bits per heavy atom. The molecular weight excluding hydrogens is 400 g/mol. The first kappa shape index (κ1) is 18.8. The number of hydrogen-bond donors (Lipinski definition) is 0. The number of carbonyl (C=O) groups excluding carboxylic acids is 1. The van der Waals surface area contributed by atoms with Crippen molar-refractivity contribution in [1.82, 2.24) is 14.8 Å². The fourth-order valence-electron chi connectivity index (χ4n) is 4.32. The molecule has 0 aliphatic carbocycles. The number of carbonyl (C=O) groups is 1. The lowest BCUT2D eigenvalue weighted by Crippen LogP contribution is -2.52. The van der Waals surface area contributed by atoms with Gasteiger partial charge in [-0.3, -0.25) is 9.69 Å². The van der Waals surface area contributed by atoms with Crippen LogP contribution in [0.25, 0.3) is 0 Å². The number of thiophene rings is 2. The van der Waals surface area contributed by atoms with E-state index >= 15 is 0 Å². The van der Waals surface area contributed by atoms with Gasteiger partial charge in [-0.2, -0.15) is 0 Å². The van der Waals surface area contributed by atoms with Crippen LogP contribution in [-0.4, -0.2) is 60.0 Å². The Balaban J connectivity index is 1.26. The summed E-state index contributed by atoms with van der Waals surface area (Å²) in [5.74, 6) is 1.24. The summed E-state index contributed by atoms with van der Waals surface area (Å²) in [7, 11) is 0. The highest BCUT2D eigenvalue weighted by Crippen LogP contribution is 2.39. The average molecular weight is 425 g/mol. The van der Waals surface area contributed by atoms with Crippen LogP contribution >= 0.6 is 22.7 Å². The number of amides is 1. The number of aromatic nitrogens is 1. The number of piperazine rings is 1. The number of rotatable bonds is 4. The monoisotopic (exact) mass is 424 g/mol. The van der Waals surface area contributed by atoms with Crippen molar-refractivity contribution in [2.24, 2.45) is 0 Å². The molecule has 1 saturated heterocycles. The molecule has 29 heavy (non-hydrogen) atoms. The molecule has 5 nitrogen and oxygen atoms in total. The first-order valence-electron chi connectivity index (χ1n) is 10.1. The number of pyridine rings is 1. The molecule has 3 aromatic rings. The van der Waals surface area contributed by atoms with E-state index in [4.69, 9.17) is 0 Å². The minimum Gasteiger partial charge on any atom is -0.353 e. The minimum absolute atomic E-state index is 0.212. The molecule has 0 spiro atoms. The molecule has 7 heteroatoms. The Bertz CT molecular complexity index is 948. The van der Waals surface area contributed by atoms with Gasteiger partial charge in [-0.1, -0.05) is 12.1 Å². The summed E-state index contributed by atoms with van der Waals surface area (Å²) in [6, 6.07) is 12.7. The van der Waals surface area contributed by atoms with Crippen LogP contribution in [0.5, 0.6) is 0 Å². The second-order valence-electron chi connectivity index (χ2n) is 7.49. The first-order chi connectivity index (χ1) is 14.3. The Morgan fingerprint density at radius 3 is 2.66 bits per heavy atom. The Labute approximate surface area is 179 Å². The lowest BCUT2D eigenvalue weighted by molar-refractivity contribution is -0.133. The Morgan fingerprint density at radius 1 is 1.00 bits per heavy atom. The molecule has 5 heterocycles. The van der Waals surface area contributed by atoms with Crippen LogP contribution in [-0.2, 0) is 11.2 Å². The van der Waals surface area contributed by atoms with Crippen LogP contribution < -0.4 is 4.90 Å². The first-order valence-corrected chi connectivity index (χ1v) is 11.8. The van der Waals surface area contributed by atoms with E-state index in [0.717, 1.165) is 45.0 Å². The van der Waals surface area contributed by atoms with Crippen LogP contribution in [0.1, 0.15) is 21.4 Å². The van der Waals surface area contributed by atoms with Crippen LogP contribution in [0.15, 0.2) is 53.4 Å². The van der Waals surface area contributed by atoms with Crippen molar-refractivity contribution in [2.45, 2.75) is 12.5 Å². The summed E-state index contributed by atoms with van der Waals surface area (Å²) < 4.78 is 0. The molecule has 2 aliphatic rings. The van der Waals surface area contributed by atoms with Crippen molar-refractivity contribution < 1.29 is 4.79 Å². The van der Waals surface area contributed by atoms with Gasteiger partial charge in [0, 0.05) is 48.7 Å². The molecule has 0 aromatic carbocycles. The van der Waals surface area contributed by atoms with Crippen LogP contribution in [0.3, 0.4) is 0 Å². The van der Waals surface area contributed by atoms with E-state index in [9.17, 15) is 4.79 Å². The molecule has 1 atom stereocenters. The number of hydrogen-bond acceptors (Lipinski definition) is 6. The standard InChI is InChI=1S/C22H24N4OS2/c27-21(25-12-10-24(11-13-25)20-5-1-2-8-23-20)16-26-9-6-18-17(7-15-29-18)22(26)19-4-3-14-28-19/h1-5,7-8,14-15,22H,6,9-13,16H2/t22-/m1/s1. The fourth-order valence-corrected chi connectivity index (χ4v) is 6.10. The maximum absolute atomic E-state index is 13.1. The maximum atomic E-state index is 13.1. The topological polar surface area (TPSA) is 39.7 Å². The average Bonchev–Trinajstić information content (AvgIpc) is 3.46. The van der Waals surface area contributed by atoms with E-state index in [-0.39, 0.29) is 11.9 Å². The number of nitrogens with zero attached hydrogens (tertiary/aromatic N) is 4. The molecule has 1 fully saturated rings. The summed E-state index contributed by atoms with van der Waals surface area (Å²) in [6.07, 6.45) is 2.86. The summed E-state index contributed by atoms with van der Waals surface area (Å²) >= 11 is 3.63. The van der Waals surface area contributed by atoms with Gasteiger partial charge in [-0.05, 0) is 47.0 Å². The van der Waals surface area contributed by atoms with Crippen molar-refractivity contribution in [3.63, 3.8) is 0 Å². The normalized spacial score (nSPS) is 19.9. The highest BCUT2D eigenvalue weighted by atomic mass is 32.1. The van der Waals surface area contributed by atoms with Crippen molar-refractivity contribution in [3.8, 4) is 0 Å². The third kappa shape index (κ3) is 3.82. The zero-order valence-corrected chi connectivity index (χ0v) is 17.9. The van der Waals surface area contributed by atoms with Crippen LogP contribution in [0.4, 0.5) is 5.82 Å². The van der Waals surface area contributed by atoms with E-state index in [1.165, 1.54) is 15.3 Å². The van der Waals surface area contributed by atoms with Gasteiger partial charge >= 0.3 is 0 Å². The Hall–Kier alpha value is -2.22. The van der Waals surface area contributed by atoms with Crippen molar-refractivity contribution >= 4 is 34.4 Å². The van der Waals surface area contributed by atoms with Gasteiger partial charge < -0.3 is 9.80 Å². The van der Waals surface area contributed by atoms with Gasteiger partial charge in [0.25, 0.3) is 0 Å². The largest absolute Gasteiger partial charge is 0.353 e. The smallest absolute Gasteiger partial charge is 0.236 e. The van der Waals surface area contributed by atoms with Crippen molar-refractivity contribution in [1.29, 1.82) is 0 Å². The Kier molecular flexibility index (Phi) is 5.35. The minimum atomic E-state index is 0.212.